The number of unbranched alkanes of at least 4 members (excludes halogenated alkanes) is 1. The van der Waals surface area contributed by atoms with Crippen molar-refractivity contribution in [2.75, 3.05) is 11.9 Å². The molecule has 0 saturated carbocycles. The molecule has 2 aromatic heterocycles. The molecule has 0 aliphatic rings. The predicted octanol–water partition coefficient (Wildman–Crippen LogP) is 7.19. The fraction of sp³-hybridized carbons (Fsp3) is 0.375. The minimum absolute atomic E-state index is 0.142. The van der Waals surface area contributed by atoms with E-state index in [-0.39, 0.29) is 5.78 Å². The SMILES string of the molecule is CCCCc1nc2ccc(NCCC(C)=O)nc2n1Cc1ccc(-c2ccccc2OC(=O)OC(C)(C)C)cc1. The molecule has 0 aliphatic carbocycles. The molecule has 4 aromatic rings. The fourth-order valence-corrected chi connectivity index (χ4v) is 4.33. The van der Waals surface area contributed by atoms with Gasteiger partial charge in [-0.15, -0.1) is 0 Å². The molecule has 0 aliphatic heterocycles. The Morgan fingerprint density at radius 1 is 0.975 bits per heavy atom. The number of pyridine rings is 1. The van der Waals surface area contributed by atoms with Crippen LogP contribution >= 0.6 is 0 Å². The van der Waals surface area contributed by atoms with Crippen molar-refractivity contribution in [3.8, 4) is 16.9 Å². The van der Waals surface area contributed by atoms with Crippen molar-refractivity contribution in [2.45, 2.75) is 72.4 Å². The van der Waals surface area contributed by atoms with E-state index in [0.29, 0.717) is 25.3 Å². The molecular formula is C32H38N4O4. The van der Waals surface area contributed by atoms with Gasteiger partial charge in [-0.3, -0.25) is 4.79 Å². The van der Waals surface area contributed by atoms with E-state index in [1.54, 1.807) is 33.8 Å². The maximum atomic E-state index is 12.3. The first-order chi connectivity index (χ1) is 19.1. The summed E-state index contributed by atoms with van der Waals surface area (Å²) >= 11 is 0. The molecule has 2 heterocycles. The molecule has 0 amide bonds. The van der Waals surface area contributed by atoms with Gasteiger partial charge in [0.15, 0.2) is 5.65 Å². The molecule has 0 unspecified atom stereocenters. The third kappa shape index (κ3) is 7.68. The van der Waals surface area contributed by atoms with Crippen LogP contribution in [0.3, 0.4) is 0 Å². The summed E-state index contributed by atoms with van der Waals surface area (Å²) in [5, 5.41) is 3.25. The van der Waals surface area contributed by atoms with E-state index in [9.17, 15) is 9.59 Å². The second-order valence-electron chi connectivity index (χ2n) is 10.9. The van der Waals surface area contributed by atoms with E-state index in [0.717, 1.165) is 58.8 Å². The number of ketones is 1. The highest BCUT2D eigenvalue weighted by atomic mass is 16.7. The summed E-state index contributed by atoms with van der Waals surface area (Å²) in [5.41, 5.74) is 3.87. The van der Waals surface area contributed by atoms with E-state index in [4.69, 9.17) is 19.4 Å². The number of aryl methyl sites for hydroxylation is 1. The highest BCUT2D eigenvalue weighted by Gasteiger charge is 2.20. The summed E-state index contributed by atoms with van der Waals surface area (Å²) in [7, 11) is 0. The first-order valence-electron chi connectivity index (χ1n) is 13.8. The summed E-state index contributed by atoms with van der Waals surface area (Å²) in [6.07, 6.45) is 2.71. The van der Waals surface area contributed by atoms with Crippen molar-refractivity contribution in [1.29, 1.82) is 0 Å². The van der Waals surface area contributed by atoms with Crippen molar-refractivity contribution in [3.05, 3.63) is 72.1 Å². The number of nitrogens with zero attached hydrogens (tertiary/aromatic N) is 3. The van der Waals surface area contributed by atoms with Crippen LogP contribution < -0.4 is 10.1 Å². The zero-order valence-electron chi connectivity index (χ0n) is 24.0. The van der Waals surface area contributed by atoms with Crippen LogP contribution in [0.1, 0.15) is 65.3 Å². The van der Waals surface area contributed by atoms with Gasteiger partial charge >= 0.3 is 6.16 Å². The molecule has 0 bridgehead atoms. The monoisotopic (exact) mass is 542 g/mol. The van der Waals surface area contributed by atoms with E-state index >= 15 is 0 Å². The van der Waals surface area contributed by atoms with Crippen LogP contribution in [0, 0.1) is 0 Å². The highest BCUT2D eigenvalue weighted by molar-refractivity contribution is 5.77. The molecule has 0 fully saturated rings. The normalized spacial score (nSPS) is 11.4. The summed E-state index contributed by atoms with van der Waals surface area (Å²) < 4.78 is 13.0. The minimum atomic E-state index is -0.731. The summed E-state index contributed by atoms with van der Waals surface area (Å²) in [4.78, 5) is 33.4. The zero-order valence-corrected chi connectivity index (χ0v) is 24.0. The third-order valence-electron chi connectivity index (χ3n) is 6.28. The number of aromatic nitrogens is 3. The number of ether oxygens (including phenoxy) is 2. The molecule has 0 spiro atoms. The van der Waals surface area contributed by atoms with Gasteiger partial charge in [0.05, 0.1) is 6.54 Å². The predicted molar refractivity (Wildman–Crippen MR) is 158 cm³/mol. The molecule has 8 heteroatoms. The minimum Gasteiger partial charge on any atom is -0.428 e. The van der Waals surface area contributed by atoms with Crippen molar-refractivity contribution in [2.24, 2.45) is 0 Å². The molecular weight excluding hydrogens is 504 g/mol. The van der Waals surface area contributed by atoms with Crippen LogP contribution in [0.5, 0.6) is 5.75 Å². The van der Waals surface area contributed by atoms with Crippen LogP contribution in [0.4, 0.5) is 10.6 Å². The number of hydrogen-bond donors (Lipinski definition) is 1. The van der Waals surface area contributed by atoms with E-state index < -0.39 is 11.8 Å². The summed E-state index contributed by atoms with van der Waals surface area (Å²) in [6.45, 7) is 10.3. The summed E-state index contributed by atoms with van der Waals surface area (Å²) in [5.74, 6) is 2.32. The maximum absolute atomic E-state index is 12.3. The number of imidazole rings is 1. The topological polar surface area (TPSA) is 95.3 Å². The van der Waals surface area contributed by atoms with Gasteiger partial charge in [0.1, 0.15) is 34.3 Å². The molecule has 0 radical (unpaired) electrons. The number of fused-ring (bicyclic) bond motifs is 1. The lowest BCUT2D eigenvalue weighted by Crippen LogP contribution is -2.26. The fourth-order valence-electron chi connectivity index (χ4n) is 4.33. The van der Waals surface area contributed by atoms with Crippen LogP contribution in [0.2, 0.25) is 0 Å². The molecule has 4 rings (SSSR count). The number of carbonyl (C=O) groups excluding carboxylic acids is 2. The first kappa shape index (κ1) is 28.8. The third-order valence-corrected chi connectivity index (χ3v) is 6.28. The Hall–Kier alpha value is -4.20. The Labute approximate surface area is 235 Å². The second kappa shape index (κ2) is 12.8. The first-order valence-corrected chi connectivity index (χ1v) is 13.8. The average Bonchev–Trinajstić information content (AvgIpc) is 3.23. The number of para-hydroxylation sites is 1. The second-order valence-corrected chi connectivity index (χ2v) is 10.9. The Balaban J connectivity index is 1.58. The smallest absolute Gasteiger partial charge is 0.428 e. The number of carbonyl (C=O) groups is 2. The number of Topliss-reactive ketones (excluding diaryl/α,β-unsaturated/α-hetero) is 1. The number of hydrogen-bond acceptors (Lipinski definition) is 7. The lowest BCUT2D eigenvalue weighted by atomic mass is 10.0. The van der Waals surface area contributed by atoms with Crippen molar-refractivity contribution < 1.29 is 19.1 Å². The van der Waals surface area contributed by atoms with Gasteiger partial charge in [0.25, 0.3) is 0 Å². The largest absolute Gasteiger partial charge is 0.514 e. The van der Waals surface area contributed by atoms with Crippen LogP contribution in [-0.2, 0) is 22.5 Å². The Bertz CT molecular complexity index is 1470. The van der Waals surface area contributed by atoms with E-state index in [1.807, 2.05) is 42.5 Å². The standard InChI is InChI=1S/C32H38N4O4/c1-6-7-12-29-34-26-17-18-28(33-20-19-22(2)37)35-30(26)36(29)21-23-13-15-24(16-14-23)25-10-8-9-11-27(25)39-31(38)40-32(3,4)5/h8-11,13-18H,6-7,12,19-21H2,1-5H3,(H,33,35). The number of nitrogens with one attached hydrogen (secondary N) is 1. The molecule has 1 N–H and O–H groups in total. The van der Waals surface area contributed by atoms with E-state index in [2.05, 4.69) is 28.9 Å². The molecule has 40 heavy (non-hydrogen) atoms. The molecule has 8 nitrogen and oxygen atoms in total. The molecule has 0 saturated heterocycles. The molecule has 210 valence electrons. The maximum Gasteiger partial charge on any atom is 0.514 e. The Morgan fingerprint density at radius 3 is 2.42 bits per heavy atom. The van der Waals surface area contributed by atoms with E-state index in [1.165, 1.54) is 0 Å². The average molecular weight is 543 g/mol. The van der Waals surface area contributed by atoms with Gasteiger partial charge in [0.2, 0.25) is 0 Å². The van der Waals surface area contributed by atoms with Crippen molar-refractivity contribution in [3.63, 3.8) is 0 Å². The number of rotatable bonds is 11. The van der Waals surface area contributed by atoms with Gasteiger partial charge in [-0.25, -0.2) is 14.8 Å². The lowest BCUT2D eigenvalue weighted by molar-refractivity contribution is -0.116. The molecule has 2 aromatic carbocycles. The van der Waals surface area contributed by atoms with Gasteiger partial charge in [-0.1, -0.05) is 55.8 Å². The van der Waals surface area contributed by atoms with Gasteiger partial charge in [-0.2, -0.15) is 0 Å². The quantitative estimate of drug-likeness (QED) is 0.158. The van der Waals surface area contributed by atoms with Crippen LogP contribution in [0.25, 0.3) is 22.3 Å². The lowest BCUT2D eigenvalue weighted by Gasteiger charge is -2.19. The highest BCUT2D eigenvalue weighted by Crippen LogP contribution is 2.31. The summed E-state index contributed by atoms with van der Waals surface area (Å²) in [6, 6.07) is 19.5. The molecule has 0 atom stereocenters. The Kier molecular flexibility index (Phi) is 9.19. The van der Waals surface area contributed by atoms with Crippen molar-refractivity contribution in [1.82, 2.24) is 14.5 Å². The van der Waals surface area contributed by atoms with Crippen LogP contribution in [-0.4, -0.2) is 38.6 Å². The van der Waals surface area contributed by atoms with Gasteiger partial charge in [0, 0.05) is 24.9 Å². The van der Waals surface area contributed by atoms with Crippen LogP contribution in [0.15, 0.2) is 60.7 Å². The van der Waals surface area contributed by atoms with Crippen molar-refractivity contribution >= 4 is 28.9 Å². The number of benzene rings is 2. The zero-order chi connectivity index (χ0) is 28.7. The Morgan fingerprint density at radius 2 is 1.73 bits per heavy atom. The van der Waals surface area contributed by atoms with Gasteiger partial charge < -0.3 is 19.4 Å². The van der Waals surface area contributed by atoms with Gasteiger partial charge in [-0.05, 0) is 63.4 Å². The number of anilines is 1.